The van der Waals surface area contributed by atoms with E-state index in [-0.39, 0.29) is 12.5 Å². The van der Waals surface area contributed by atoms with E-state index < -0.39 is 40.6 Å². The first-order chi connectivity index (χ1) is 11.4. The molecular formula is C16H15F6NO2. The number of hydrogen-bond donors (Lipinski definition) is 1. The molecule has 1 aromatic carbocycles. The Morgan fingerprint density at radius 1 is 1.12 bits per heavy atom. The number of rotatable bonds is 6. The second kappa shape index (κ2) is 7.28. The summed E-state index contributed by atoms with van der Waals surface area (Å²) in [5.74, 6) is -1.40. The smallest absolute Gasteiger partial charge is 0.416 e. The Hall–Kier alpha value is -2.32. The Morgan fingerprint density at radius 3 is 1.92 bits per heavy atom. The van der Waals surface area contributed by atoms with Gasteiger partial charge in [0, 0.05) is 6.21 Å². The molecule has 0 unspecified atom stereocenters. The van der Waals surface area contributed by atoms with Crippen molar-refractivity contribution in [2.75, 3.05) is 0 Å². The quantitative estimate of drug-likeness (QED) is 0.439. The van der Waals surface area contributed by atoms with Crippen LogP contribution in [-0.4, -0.2) is 22.8 Å². The minimum Gasteiger partial charge on any atom is -0.479 e. The average Bonchev–Trinajstić information content (AvgIpc) is 2.49. The fourth-order valence-corrected chi connectivity index (χ4v) is 2.09. The van der Waals surface area contributed by atoms with E-state index in [0.29, 0.717) is 24.8 Å². The maximum Gasteiger partial charge on any atom is 0.416 e. The van der Waals surface area contributed by atoms with Crippen LogP contribution in [0, 0.1) is 0 Å². The molecule has 0 spiro atoms. The Kier molecular flexibility index (Phi) is 6.04. The zero-order chi connectivity index (χ0) is 19.5. The third-order valence-electron chi connectivity index (χ3n) is 3.39. The number of carboxylic acids is 1. The molecule has 0 saturated carbocycles. The first-order valence-electron chi connectivity index (χ1n) is 7.07. The fraction of sp³-hybridized carbons (Fsp3) is 0.375. The second-order valence-corrected chi connectivity index (χ2v) is 5.28. The molecule has 0 radical (unpaired) electrons. The molecule has 1 rings (SSSR count). The van der Waals surface area contributed by atoms with Crippen molar-refractivity contribution < 1.29 is 36.2 Å². The van der Waals surface area contributed by atoms with Crippen LogP contribution in [0.5, 0.6) is 0 Å². The number of hydrogen-bond acceptors (Lipinski definition) is 2. The van der Waals surface area contributed by atoms with Crippen molar-refractivity contribution >= 4 is 12.2 Å². The summed E-state index contributed by atoms with van der Waals surface area (Å²) in [6.45, 7) is 5.00. The maximum atomic E-state index is 12.8. The van der Waals surface area contributed by atoms with E-state index >= 15 is 0 Å². The van der Waals surface area contributed by atoms with Crippen LogP contribution in [0.1, 0.15) is 36.5 Å². The molecule has 1 N–H and O–H groups in total. The predicted molar refractivity (Wildman–Crippen MR) is 79.5 cm³/mol. The van der Waals surface area contributed by atoms with Crippen LogP contribution < -0.4 is 0 Å². The highest BCUT2D eigenvalue weighted by atomic mass is 19.4. The number of nitrogens with zero attached hydrogens (tertiary/aromatic N) is 1. The molecule has 3 nitrogen and oxygen atoms in total. The lowest BCUT2D eigenvalue weighted by atomic mass is 9.94. The number of carboxylic acid groups (broad SMARTS) is 1. The summed E-state index contributed by atoms with van der Waals surface area (Å²) in [4.78, 5) is 15.1. The van der Waals surface area contributed by atoms with E-state index in [2.05, 4.69) is 11.6 Å². The average molecular weight is 367 g/mol. The van der Waals surface area contributed by atoms with E-state index in [4.69, 9.17) is 0 Å². The van der Waals surface area contributed by atoms with Crippen LogP contribution in [0.2, 0.25) is 0 Å². The number of aliphatic carboxylic acids is 1. The Morgan fingerprint density at radius 2 is 1.60 bits per heavy atom. The minimum atomic E-state index is -4.99. The normalized spacial score (nSPS) is 15.2. The lowest BCUT2D eigenvalue weighted by molar-refractivity contribution is -0.143. The summed E-state index contributed by atoms with van der Waals surface area (Å²) < 4.78 is 76.8. The summed E-state index contributed by atoms with van der Waals surface area (Å²) in [7, 11) is 0. The Balaban J connectivity index is 3.46. The zero-order valence-corrected chi connectivity index (χ0v) is 13.1. The van der Waals surface area contributed by atoms with Gasteiger partial charge in [-0.3, -0.25) is 4.99 Å². The van der Waals surface area contributed by atoms with Gasteiger partial charge in [0.2, 0.25) is 0 Å². The number of benzene rings is 1. The predicted octanol–water partition coefficient (Wildman–Crippen LogP) is 4.95. The van der Waals surface area contributed by atoms with E-state index in [1.165, 1.54) is 0 Å². The van der Waals surface area contributed by atoms with Crippen molar-refractivity contribution in [2.24, 2.45) is 4.99 Å². The van der Waals surface area contributed by atoms with Gasteiger partial charge in [0.1, 0.15) is 0 Å². The maximum absolute atomic E-state index is 12.8. The molecule has 0 fully saturated rings. The molecule has 0 aliphatic carbocycles. The van der Waals surface area contributed by atoms with Gasteiger partial charge in [-0.25, -0.2) is 4.79 Å². The van der Waals surface area contributed by atoms with Gasteiger partial charge in [-0.1, -0.05) is 19.4 Å². The van der Waals surface area contributed by atoms with Crippen molar-refractivity contribution in [1.29, 1.82) is 0 Å². The number of alkyl halides is 6. The van der Waals surface area contributed by atoms with Gasteiger partial charge in [0.05, 0.1) is 11.1 Å². The Labute approximate surface area is 139 Å². The summed E-state index contributed by atoms with van der Waals surface area (Å²) in [6.07, 6.45) is -7.94. The van der Waals surface area contributed by atoms with Gasteiger partial charge < -0.3 is 5.11 Å². The molecule has 0 heterocycles. The molecule has 0 aliphatic rings. The molecule has 0 amide bonds. The fourth-order valence-electron chi connectivity index (χ4n) is 2.09. The monoisotopic (exact) mass is 367 g/mol. The lowest BCUT2D eigenvalue weighted by Gasteiger charge is -2.20. The van der Waals surface area contributed by atoms with Crippen molar-refractivity contribution in [3.8, 4) is 0 Å². The van der Waals surface area contributed by atoms with Crippen molar-refractivity contribution in [3.63, 3.8) is 0 Å². The molecule has 0 aliphatic heterocycles. The van der Waals surface area contributed by atoms with Crippen LogP contribution in [-0.2, 0) is 17.1 Å². The van der Waals surface area contributed by atoms with E-state index in [0.717, 1.165) is 6.08 Å². The van der Waals surface area contributed by atoms with Crippen LogP contribution in [0.3, 0.4) is 0 Å². The first-order valence-corrected chi connectivity index (χ1v) is 7.07. The number of aliphatic imine (C=N–C) groups is 1. The van der Waals surface area contributed by atoms with Gasteiger partial charge >= 0.3 is 18.3 Å². The minimum absolute atomic E-state index is 0.00652. The number of carbonyl (C=O) groups is 1. The second-order valence-electron chi connectivity index (χ2n) is 5.28. The summed E-state index contributed by atoms with van der Waals surface area (Å²) >= 11 is 0. The summed E-state index contributed by atoms with van der Waals surface area (Å²) in [5.41, 5.74) is -5.33. The largest absolute Gasteiger partial charge is 0.479 e. The van der Waals surface area contributed by atoms with E-state index in [1.807, 2.05) is 0 Å². The van der Waals surface area contributed by atoms with Crippen molar-refractivity contribution in [2.45, 2.75) is 37.7 Å². The van der Waals surface area contributed by atoms with Gasteiger partial charge in [-0.15, -0.1) is 6.58 Å². The summed E-state index contributed by atoms with van der Waals surface area (Å²) in [5, 5.41) is 9.26. The molecule has 0 aromatic heterocycles. The Bertz CT molecular complexity index is 646. The standard InChI is InChI=1S/C16H15F6NO2/c1-3-5-14(4-2,13(24)25)23-9-10-6-11(15(17,18)19)8-12(7-10)16(20,21)22/h4,6-9H,2-3,5H2,1H3,(H,24,25)/b23-9+/t14-/m1/s1. The highest BCUT2D eigenvalue weighted by molar-refractivity contribution is 5.88. The molecular weight excluding hydrogens is 352 g/mol. The molecule has 9 heteroatoms. The summed E-state index contributed by atoms with van der Waals surface area (Å²) in [6, 6.07) is 0.933. The third-order valence-corrected chi connectivity index (χ3v) is 3.39. The third kappa shape index (κ3) is 5.07. The zero-order valence-electron chi connectivity index (χ0n) is 13.1. The SMILES string of the molecule is C=C[C@](CCC)(/N=C/c1cc(C(F)(F)F)cc(C(F)(F)F)c1)C(=O)O. The van der Waals surface area contributed by atoms with Crippen LogP contribution >= 0.6 is 0 Å². The van der Waals surface area contributed by atoms with Gasteiger partial charge in [0.25, 0.3) is 0 Å². The highest BCUT2D eigenvalue weighted by Gasteiger charge is 2.37. The van der Waals surface area contributed by atoms with Crippen LogP contribution in [0.4, 0.5) is 26.3 Å². The van der Waals surface area contributed by atoms with Gasteiger partial charge in [-0.2, -0.15) is 26.3 Å². The molecule has 1 atom stereocenters. The number of halogens is 6. The molecule has 138 valence electrons. The topological polar surface area (TPSA) is 49.7 Å². The first kappa shape index (κ1) is 20.7. The van der Waals surface area contributed by atoms with E-state index in [9.17, 15) is 36.2 Å². The molecule has 0 bridgehead atoms. The molecule has 0 saturated heterocycles. The van der Waals surface area contributed by atoms with Gasteiger partial charge in [-0.05, 0) is 30.2 Å². The van der Waals surface area contributed by atoms with Gasteiger partial charge in [0.15, 0.2) is 5.54 Å². The van der Waals surface area contributed by atoms with Crippen molar-refractivity contribution in [1.82, 2.24) is 0 Å². The highest BCUT2D eigenvalue weighted by Crippen LogP contribution is 2.36. The molecule has 1 aromatic rings. The molecule has 25 heavy (non-hydrogen) atoms. The lowest BCUT2D eigenvalue weighted by Crippen LogP contribution is -2.34. The van der Waals surface area contributed by atoms with Crippen molar-refractivity contribution in [3.05, 3.63) is 47.5 Å². The van der Waals surface area contributed by atoms with E-state index in [1.54, 1.807) is 6.92 Å². The van der Waals surface area contributed by atoms with Crippen LogP contribution in [0.25, 0.3) is 0 Å². The van der Waals surface area contributed by atoms with Crippen LogP contribution in [0.15, 0.2) is 35.8 Å².